The molecule has 0 amide bonds. The van der Waals surface area contributed by atoms with Crippen LogP contribution >= 0.6 is 0 Å². The summed E-state index contributed by atoms with van der Waals surface area (Å²) >= 11 is 0. The van der Waals surface area contributed by atoms with Crippen molar-refractivity contribution in [3.63, 3.8) is 0 Å². The number of nitrogens with one attached hydrogen (secondary N) is 1. The van der Waals surface area contributed by atoms with Crippen molar-refractivity contribution >= 4 is 0 Å². The summed E-state index contributed by atoms with van der Waals surface area (Å²) in [6.07, 6.45) is 4.95. The van der Waals surface area contributed by atoms with Gasteiger partial charge in [-0.25, -0.2) is 0 Å². The predicted molar refractivity (Wildman–Crippen MR) is 99.9 cm³/mol. The van der Waals surface area contributed by atoms with E-state index in [9.17, 15) is 0 Å². The maximum atomic E-state index is 6.01. The van der Waals surface area contributed by atoms with E-state index in [1.165, 1.54) is 36.8 Å². The van der Waals surface area contributed by atoms with Crippen LogP contribution in [0.4, 0.5) is 0 Å². The van der Waals surface area contributed by atoms with Crippen LogP contribution in [-0.2, 0) is 17.8 Å². The van der Waals surface area contributed by atoms with Gasteiger partial charge < -0.3 is 10.1 Å². The molecule has 0 aliphatic heterocycles. The van der Waals surface area contributed by atoms with Gasteiger partial charge in [-0.2, -0.15) is 0 Å². The minimum Gasteiger partial charge on any atom is -0.376 e. The molecular weight excluding hydrogens is 294 g/mol. The summed E-state index contributed by atoms with van der Waals surface area (Å²) in [5.74, 6) is 1.39. The highest BCUT2D eigenvalue weighted by Crippen LogP contribution is 2.32. The second-order valence-corrected chi connectivity index (χ2v) is 7.02. The van der Waals surface area contributed by atoms with Gasteiger partial charge in [0.05, 0.1) is 6.61 Å². The van der Waals surface area contributed by atoms with Crippen LogP contribution in [0.2, 0.25) is 0 Å². The van der Waals surface area contributed by atoms with Crippen LogP contribution in [0.15, 0.2) is 60.7 Å². The second kappa shape index (κ2) is 9.00. The summed E-state index contributed by atoms with van der Waals surface area (Å²) in [7, 11) is 2.11. The summed E-state index contributed by atoms with van der Waals surface area (Å²) in [6.45, 7) is 1.62. The average molecular weight is 323 g/mol. The molecule has 2 heteroatoms. The van der Waals surface area contributed by atoms with E-state index in [4.69, 9.17) is 4.74 Å². The fourth-order valence-corrected chi connectivity index (χ4v) is 3.95. The molecule has 2 aromatic carbocycles. The maximum absolute atomic E-state index is 6.01. The van der Waals surface area contributed by atoms with E-state index < -0.39 is 0 Å². The van der Waals surface area contributed by atoms with Gasteiger partial charge in [-0.15, -0.1) is 0 Å². The first-order chi connectivity index (χ1) is 11.8. The topological polar surface area (TPSA) is 21.3 Å². The maximum Gasteiger partial charge on any atom is 0.0717 e. The molecule has 24 heavy (non-hydrogen) atoms. The van der Waals surface area contributed by atoms with Crippen molar-refractivity contribution in [3.05, 3.63) is 71.8 Å². The van der Waals surface area contributed by atoms with E-state index in [0.29, 0.717) is 17.9 Å². The van der Waals surface area contributed by atoms with Crippen LogP contribution in [0.5, 0.6) is 0 Å². The quantitative estimate of drug-likeness (QED) is 0.813. The molecule has 1 aliphatic carbocycles. The number of ether oxygens (including phenoxy) is 1. The molecule has 3 atom stereocenters. The summed E-state index contributed by atoms with van der Waals surface area (Å²) < 4.78 is 6.01. The number of hydrogen-bond donors (Lipinski definition) is 1. The third-order valence-corrected chi connectivity index (χ3v) is 5.27. The van der Waals surface area contributed by atoms with Gasteiger partial charge >= 0.3 is 0 Å². The van der Waals surface area contributed by atoms with Crippen molar-refractivity contribution in [2.75, 3.05) is 13.7 Å². The average Bonchev–Trinajstić information content (AvgIpc) is 2.64. The van der Waals surface area contributed by atoms with Gasteiger partial charge in [-0.1, -0.05) is 60.7 Å². The highest BCUT2D eigenvalue weighted by atomic mass is 16.5. The van der Waals surface area contributed by atoms with E-state index in [2.05, 4.69) is 73.0 Å². The van der Waals surface area contributed by atoms with Crippen LogP contribution in [0.3, 0.4) is 0 Å². The van der Waals surface area contributed by atoms with E-state index >= 15 is 0 Å². The third-order valence-electron chi connectivity index (χ3n) is 5.27. The van der Waals surface area contributed by atoms with Crippen LogP contribution in [0, 0.1) is 11.8 Å². The van der Waals surface area contributed by atoms with Crippen LogP contribution < -0.4 is 5.32 Å². The van der Waals surface area contributed by atoms with Gasteiger partial charge in [0.15, 0.2) is 0 Å². The first-order valence-corrected chi connectivity index (χ1v) is 9.18. The highest BCUT2D eigenvalue weighted by Gasteiger charge is 2.29. The monoisotopic (exact) mass is 323 g/mol. The zero-order chi connectivity index (χ0) is 16.6. The zero-order valence-electron chi connectivity index (χ0n) is 14.7. The van der Waals surface area contributed by atoms with Gasteiger partial charge in [-0.3, -0.25) is 0 Å². The molecular formula is C22H29NO. The van der Waals surface area contributed by atoms with E-state index in [-0.39, 0.29) is 0 Å². The fourth-order valence-electron chi connectivity index (χ4n) is 3.95. The Morgan fingerprint density at radius 2 is 1.58 bits per heavy atom. The van der Waals surface area contributed by atoms with Crippen LogP contribution in [0.1, 0.15) is 30.4 Å². The van der Waals surface area contributed by atoms with Gasteiger partial charge in [-0.05, 0) is 55.7 Å². The Kier molecular flexibility index (Phi) is 6.45. The van der Waals surface area contributed by atoms with E-state index in [1.807, 2.05) is 0 Å². The van der Waals surface area contributed by atoms with Crippen molar-refractivity contribution in [3.8, 4) is 0 Å². The van der Waals surface area contributed by atoms with Crippen LogP contribution in [0.25, 0.3) is 0 Å². The zero-order valence-corrected chi connectivity index (χ0v) is 14.7. The summed E-state index contributed by atoms with van der Waals surface area (Å²) in [5.41, 5.74) is 2.72. The summed E-state index contributed by atoms with van der Waals surface area (Å²) in [6, 6.07) is 22.0. The summed E-state index contributed by atoms with van der Waals surface area (Å²) in [4.78, 5) is 0. The number of hydrogen-bond acceptors (Lipinski definition) is 2. The van der Waals surface area contributed by atoms with E-state index in [0.717, 1.165) is 13.2 Å². The Labute approximate surface area is 146 Å². The predicted octanol–water partition coefficient (Wildman–Crippen LogP) is 4.45. The van der Waals surface area contributed by atoms with Gasteiger partial charge in [0.25, 0.3) is 0 Å². The molecule has 1 saturated carbocycles. The third kappa shape index (κ3) is 4.93. The highest BCUT2D eigenvalue weighted by molar-refractivity contribution is 5.16. The van der Waals surface area contributed by atoms with Crippen molar-refractivity contribution in [1.82, 2.24) is 5.32 Å². The molecule has 3 rings (SSSR count). The first kappa shape index (κ1) is 17.2. The molecule has 2 aromatic rings. The number of rotatable bonds is 7. The van der Waals surface area contributed by atoms with Crippen molar-refractivity contribution in [2.24, 2.45) is 11.8 Å². The molecule has 0 radical (unpaired) electrons. The van der Waals surface area contributed by atoms with Gasteiger partial charge in [0.1, 0.15) is 0 Å². The van der Waals surface area contributed by atoms with Gasteiger partial charge in [0.2, 0.25) is 0 Å². The lowest BCUT2D eigenvalue weighted by Gasteiger charge is -2.36. The lowest BCUT2D eigenvalue weighted by molar-refractivity contribution is 0.0570. The van der Waals surface area contributed by atoms with Crippen molar-refractivity contribution in [1.29, 1.82) is 0 Å². The molecule has 1 N–H and O–H groups in total. The molecule has 1 aliphatic rings. The molecule has 3 unspecified atom stereocenters. The smallest absolute Gasteiger partial charge is 0.0717 e. The lowest BCUT2D eigenvalue weighted by atomic mass is 9.75. The molecule has 0 saturated heterocycles. The molecule has 0 heterocycles. The largest absolute Gasteiger partial charge is 0.376 e. The van der Waals surface area contributed by atoms with Gasteiger partial charge in [0, 0.05) is 12.6 Å². The van der Waals surface area contributed by atoms with Crippen molar-refractivity contribution < 1.29 is 4.74 Å². The molecule has 2 nitrogen and oxygen atoms in total. The Morgan fingerprint density at radius 3 is 2.25 bits per heavy atom. The molecule has 0 aromatic heterocycles. The molecule has 128 valence electrons. The number of benzene rings is 2. The molecule has 0 bridgehead atoms. The molecule has 1 fully saturated rings. The standard InChI is InChI=1S/C22H29NO/c1-23-22-13-12-20(17-24-16-19-10-6-3-7-11-19)15-21(22)14-18-8-4-2-5-9-18/h2-11,20-23H,12-17H2,1H3. The Balaban J connectivity index is 1.50. The Bertz CT molecular complexity index is 583. The SMILES string of the molecule is CNC1CCC(COCc2ccccc2)CC1Cc1ccccc1. The normalized spacial score (nSPS) is 24.0. The first-order valence-electron chi connectivity index (χ1n) is 9.18. The second-order valence-electron chi connectivity index (χ2n) is 7.02. The minimum absolute atomic E-state index is 0.635. The summed E-state index contributed by atoms with van der Waals surface area (Å²) in [5, 5.41) is 3.54. The Morgan fingerprint density at radius 1 is 0.917 bits per heavy atom. The fraction of sp³-hybridized carbons (Fsp3) is 0.455. The van der Waals surface area contributed by atoms with Crippen LogP contribution in [-0.4, -0.2) is 19.7 Å². The minimum atomic E-state index is 0.635. The van der Waals surface area contributed by atoms with E-state index in [1.54, 1.807) is 0 Å². The van der Waals surface area contributed by atoms with Crippen molar-refractivity contribution in [2.45, 2.75) is 38.3 Å². The molecule has 0 spiro atoms. The lowest BCUT2D eigenvalue weighted by Crippen LogP contribution is -2.40. The Hall–Kier alpha value is -1.64.